The molecule has 5 aliphatic carbocycles. The van der Waals surface area contributed by atoms with Crippen LogP contribution in [0.25, 0.3) is 0 Å². The van der Waals surface area contributed by atoms with Crippen LogP contribution in [0.1, 0.15) is 113 Å². The second kappa shape index (κ2) is 19.1. The Labute approximate surface area is 417 Å². The standard InChI is InChI=1S/C50H76N2O20/c1-20(54)51-29-32(58)30(56)24(19-53)68-38(29)52-28-33(59)36(40(63)64)71-43(35(28)70-42-27(39(61)62)31(57)34(60)41(65)72-42)69-26-10-11-48(6)25(45(26,2)3)9-12-50(8)37(48)23(55)17-21-22-18-47(5,44(66)67)14-13-46(22,4)15-16-49(21,50)7/h17,22,24-38,41-43,52-53,56-60,65H,9-16,18-19H2,1-8H3,(H,51,54)(H,61,62)(H,63,64)(H,66,67)/t22?,24-,25?,26?,27+,28+,29-,30-,31-,32-,33+,34+,35-,36+,37?,38-,41+,42?,43?,46-,47+,48+,49-,50-/m1/s1. The predicted octanol–water partition coefficient (Wildman–Crippen LogP) is -0.00830. The predicted molar refractivity (Wildman–Crippen MR) is 245 cm³/mol. The highest BCUT2D eigenvalue weighted by Crippen LogP contribution is 2.75. The maximum atomic E-state index is 15.1. The van der Waals surface area contributed by atoms with Gasteiger partial charge in [0, 0.05) is 12.8 Å². The van der Waals surface area contributed by atoms with E-state index in [9.17, 15) is 70.2 Å². The van der Waals surface area contributed by atoms with Gasteiger partial charge in [0.2, 0.25) is 5.91 Å². The van der Waals surface area contributed by atoms with Crippen molar-refractivity contribution in [1.82, 2.24) is 10.6 Å². The van der Waals surface area contributed by atoms with Crippen LogP contribution in [-0.2, 0) is 47.7 Å². The molecule has 4 saturated carbocycles. The molecular formula is C50H76N2O20. The van der Waals surface area contributed by atoms with E-state index in [4.69, 9.17) is 23.7 Å². The molecule has 22 heteroatoms. The highest BCUT2D eigenvalue weighted by Gasteiger charge is 2.71. The van der Waals surface area contributed by atoms with Crippen molar-refractivity contribution >= 4 is 29.6 Å². The van der Waals surface area contributed by atoms with Crippen LogP contribution in [0.2, 0.25) is 0 Å². The minimum Gasteiger partial charge on any atom is -0.481 e. The lowest BCUT2D eigenvalue weighted by Crippen LogP contribution is -2.74. The van der Waals surface area contributed by atoms with E-state index < -0.39 is 161 Å². The third kappa shape index (κ3) is 8.65. The highest BCUT2D eigenvalue weighted by atomic mass is 16.8. The lowest BCUT2D eigenvalue weighted by Gasteiger charge is -2.70. The Bertz CT molecular complexity index is 2180. The van der Waals surface area contributed by atoms with Crippen LogP contribution in [0, 0.1) is 56.2 Å². The molecule has 24 atom stereocenters. The van der Waals surface area contributed by atoms with Gasteiger partial charge in [-0.3, -0.25) is 24.5 Å². The van der Waals surface area contributed by atoms with Gasteiger partial charge in [0.25, 0.3) is 0 Å². The second-order valence-electron chi connectivity index (χ2n) is 24.3. The summed E-state index contributed by atoms with van der Waals surface area (Å²) in [6.45, 7) is 14.9. The summed E-state index contributed by atoms with van der Waals surface area (Å²) in [4.78, 5) is 65.8. The SMILES string of the molecule is CC(=O)N[C@@H]1[C@@H](O)[C@H](O)[C@@H](CO)O[C@H]1N[C@H]1[C@H](O)[C@@H](C(=O)O)OC(OC2CC[C@@]3(C)C(CC[C@]4(C)C3C(=O)C=C3C5C[C@@](C)(C(=O)O)CC[C@]5(C)CC[C@]34C)C2(C)C)[C@@H]1OC1O[C@H](O)[C@@H](O)[C@H](O)[C@H]1C(=O)O. The molecule has 1 amide bonds. The van der Waals surface area contributed by atoms with Gasteiger partial charge >= 0.3 is 17.9 Å². The second-order valence-corrected chi connectivity index (χ2v) is 24.3. The smallest absolute Gasteiger partial charge is 0.335 e. The Morgan fingerprint density at radius 1 is 0.736 bits per heavy atom. The number of carbonyl (C=O) groups is 5. The van der Waals surface area contributed by atoms with E-state index >= 15 is 4.79 Å². The first-order valence-corrected chi connectivity index (χ1v) is 25.4. The van der Waals surface area contributed by atoms with Gasteiger partial charge in [0.05, 0.1) is 30.2 Å². The molecule has 12 N–H and O–H groups in total. The third-order valence-corrected chi connectivity index (χ3v) is 20.0. The molecule has 0 aromatic heterocycles. The molecule has 3 heterocycles. The van der Waals surface area contributed by atoms with E-state index in [2.05, 4.69) is 38.3 Å². The number of carboxylic acids is 3. The average Bonchev–Trinajstić information content (AvgIpc) is 3.28. The minimum atomic E-state index is -2.20. The molecule has 22 nitrogen and oxygen atoms in total. The molecule has 3 saturated heterocycles. The van der Waals surface area contributed by atoms with Crippen molar-refractivity contribution in [1.29, 1.82) is 0 Å². The summed E-state index contributed by atoms with van der Waals surface area (Å²) in [5.74, 6) is -7.77. The zero-order valence-corrected chi connectivity index (χ0v) is 42.2. The van der Waals surface area contributed by atoms with E-state index in [0.717, 1.165) is 31.8 Å². The van der Waals surface area contributed by atoms with Crippen molar-refractivity contribution in [2.24, 2.45) is 56.2 Å². The molecule has 6 unspecified atom stereocenters. The molecule has 406 valence electrons. The number of amides is 1. The topological polar surface area (TPSA) is 358 Å². The number of rotatable bonds is 11. The number of ether oxygens (including phenoxy) is 5. The molecule has 0 bridgehead atoms. The quantitative estimate of drug-likeness (QED) is 0.121. The van der Waals surface area contributed by atoms with Crippen LogP contribution in [0.15, 0.2) is 11.6 Å². The van der Waals surface area contributed by atoms with E-state index in [1.807, 2.05) is 26.8 Å². The molecular weight excluding hydrogens is 949 g/mol. The van der Waals surface area contributed by atoms with E-state index in [0.29, 0.717) is 32.1 Å². The van der Waals surface area contributed by atoms with Gasteiger partial charge in [0.1, 0.15) is 54.9 Å². The molecule has 7 fully saturated rings. The third-order valence-electron chi connectivity index (χ3n) is 20.0. The normalized spacial score (nSPS) is 51.0. The largest absolute Gasteiger partial charge is 0.481 e. The maximum Gasteiger partial charge on any atom is 0.335 e. The lowest BCUT2D eigenvalue weighted by atomic mass is 9.33. The van der Waals surface area contributed by atoms with E-state index in [1.54, 1.807) is 0 Å². The number of allylic oxidation sites excluding steroid dienone is 2. The Balaban J connectivity index is 1.14. The van der Waals surface area contributed by atoms with Crippen LogP contribution in [-0.4, -0.2) is 179 Å². The average molecular weight is 1030 g/mol. The van der Waals surface area contributed by atoms with Crippen LogP contribution in [0.3, 0.4) is 0 Å². The van der Waals surface area contributed by atoms with Crippen LogP contribution in [0.5, 0.6) is 0 Å². The molecule has 8 aliphatic rings. The number of ketones is 1. The van der Waals surface area contributed by atoms with Crippen molar-refractivity contribution in [3.05, 3.63) is 11.6 Å². The van der Waals surface area contributed by atoms with Gasteiger partial charge in [-0.15, -0.1) is 0 Å². The number of nitrogens with one attached hydrogen (secondary N) is 2. The first-order chi connectivity index (χ1) is 33.4. The number of hydrogen-bond acceptors (Lipinski definition) is 18. The summed E-state index contributed by atoms with van der Waals surface area (Å²) < 4.78 is 30.5. The molecule has 0 aromatic rings. The Morgan fingerprint density at radius 2 is 1.40 bits per heavy atom. The number of hydrogen-bond donors (Lipinski definition) is 12. The van der Waals surface area contributed by atoms with Crippen molar-refractivity contribution < 1.29 is 98.7 Å². The Hall–Kier alpha value is -3.23. The highest BCUT2D eigenvalue weighted by molar-refractivity contribution is 5.95. The molecule has 3 aliphatic heterocycles. The number of aliphatic hydroxyl groups excluding tert-OH is 7. The van der Waals surface area contributed by atoms with Crippen LogP contribution < -0.4 is 10.6 Å². The fourth-order valence-corrected chi connectivity index (χ4v) is 15.5. The van der Waals surface area contributed by atoms with E-state index in [-0.39, 0.29) is 29.5 Å². The summed E-state index contributed by atoms with van der Waals surface area (Å²) in [6, 6.07) is -3.32. The van der Waals surface area contributed by atoms with Crippen LogP contribution >= 0.6 is 0 Å². The first-order valence-electron chi connectivity index (χ1n) is 25.4. The zero-order chi connectivity index (χ0) is 53.2. The summed E-state index contributed by atoms with van der Waals surface area (Å²) >= 11 is 0. The first kappa shape index (κ1) is 55.0. The summed E-state index contributed by atoms with van der Waals surface area (Å²) in [6.07, 6.45) is -16.7. The molecule has 0 aromatic carbocycles. The van der Waals surface area contributed by atoms with Crippen molar-refractivity contribution in [2.45, 2.75) is 205 Å². The van der Waals surface area contributed by atoms with Crippen molar-refractivity contribution in [2.75, 3.05) is 6.61 Å². The maximum absolute atomic E-state index is 15.1. The zero-order valence-electron chi connectivity index (χ0n) is 42.2. The fraction of sp³-hybridized carbons (Fsp3) is 0.860. The molecule has 0 radical (unpaired) electrons. The van der Waals surface area contributed by atoms with Crippen LogP contribution in [0.4, 0.5) is 0 Å². The van der Waals surface area contributed by atoms with E-state index in [1.165, 1.54) is 0 Å². The number of aliphatic carboxylic acids is 3. The monoisotopic (exact) mass is 1020 g/mol. The van der Waals surface area contributed by atoms with Crippen molar-refractivity contribution in [3.8, 4) is 0 Å². The number of aliphatic hydroxyl groups is 7. The summed E-state index contributed by atoms with van der Waals surface area (Å²) in [5.41, 5.74) is -2.36. The Kier molecular flexibility index (Phi) is 14.6. The summed E-state index contributed by atoms with van der Waals surface area (Å²) in [5, 5.41) is 112. The van der Waals surface area contributed by atoms with Gasteiger partial charge in [-0.2, -0.15) is 0 Å². The van der Waals surface area contributed by atoms with Gasteiger partial charge < -0.3 is 80.1 Å². The number of carboxylic acid groups (broad SMARTS) is 3. The van der Waals surface area contributed by atoms with Gasteiger partial charge in [-0.25, -0.2) is 4.79 Å². The fourth-order valence-electron chi connectivity index (χ4n) is 15.5. The van der Waals surface area contributed by atoms with Crippen molar-refractivity contribution in [3.63, 3.8) is 0 Å². The summed E-state index contributed by atoms with van der Waals surface area (Å²) in [7, 11) is 0. The lowest BCUT2D eigenvalue weighted by molar-refractivity contribution is -0.373. The number of carbonyl (C=O) groups excluding carboxylic acids is 2. The molecule has 8 rings (SSSR count). The minimum absolute atomic E-state index is 0.00834. The molecule has 72 heavy (non-hydrogen) atoms. The van der Waals surface area contributed by atoms with Gasteiger partial charge in [0.15, 0.2) is 30.8 Å². The van der Waals surface area contributed by atoms with Gasteiger partial charge in [-0.05, 0) is 110 Å². The molecule has 0 spiro atoms. The Morgan fingerprint density at radius 3 is 2.01 bits per heavy atom. The number of fused-ring (bicyclic) bond motifs is 7. The van der Waals surface area contributed by atoms with Gasteiger partial charge in [-0.1, -0.05) is 47.1 Å².